The topological polar surface area (TPSA) is 20.3 Å². The predicted octanol–water partition coefficient (Wildman–Crippen LogP) is 3.64. The first kappa shape index (κ1) is 12.2. The Labute approximate surface area is 115 Å². The van der Waals surface area contributed by atoms with Crippen molar-refractivity contribution in [2.24, 2.45) is 0 Å². The second-order valence-corrected chi connectivity index (χ2v) is 5.03. The number of amides is 1. The van der Waals surface area contributed by atoms with Gasteiger partial charge in [-0.25, -0.2) is 4.39 Å². The van der Waals surface area contributed by atoms with Crippen molar-refractivity contribution >= 4 is 17.5 Å². The Balaban J connectivity index is 1.82. The highest BCUT2D eigenvalue weighted by Gasteiger charge is 2.27. The number of hydrogen-bond acceptors (Lipinski definition) is 1. The van der Waals surface area contributed by atoms with Crippen molar-refractivity contribution in [2.45, 2.75) is 13.1 Å². The monoisotopic (exact) mass is 275 g/mol. The van der Waals surface area contributed by atoms with E-state index in [1.165, 1.54) is 12.1 Å². The smallest absolute Gasteiger partial charge is 0.254 e. The van der Waals surface area contributed by atoms with Crippen molar-refractivity contribution < 1.29 is 9.18 Å². The molecule has 1 heterocycles. The molecule has 0 atom stereocenters. The zero-order valence-corrected chi connectivity index (χ0v) is 10.8. The summed E-state index contributed by atoms with van der Waals surface area (Å²) in [5.41, 5.74) is 2.35. The van der Waals surface area contributed by atoms with Crippen molar-refractivity contribution in [3.63, 3.8) is 0 Å². The summed E-state index contributed by atoms with van der Waals surface area (Å²) < 4.78 is 13.1. The molecule has 0 fully saturated rings. The molecule has 0 aliphatic carbocycles. The average molecular weight is 276 g/mol. The van der Waals surface area contributed by atoms with Crippen molar-refractivity contribution in [3.8, 4) is 0 Å². The molecule has 3 rings (SSSR count). The molecule has 1 amide bonds. The van der Waals surface area contributed by atoms with Crippen LogP contribution in [-0.2, 0) is 13.1 Å². The van der Waals surface area contributed by atoms with Crippen LogP contribution in [0, 0.1) is 5.82 Å². The van der Waals surface area contributed by atoms with Crippen LogP contribution in [0.5, 0.6) is 0 Å². The van der Waals surface area contributed by atoms with E-state index in [2.05, 4.69) is 0 Å². The first-order chi connectivity index (χ1) is 9.13. The maximum Gasteiger partial charge on any atom is 0.254 e. The average Bonchev–Trinajstić information content (AvgIpc) is 2.68. The maximum absolute atomic E-state index is 13.1. The summed E-state index contributed by atoms with van der Waals surface area (Å²) in [6.45, 7) is 0.959. The number of carbonyl (C=O) groups excluding carboxylic acids is 1. The third-order valence-electron chi connectivity index (χ3n) is 3.23. The van der Waals surface area contributed by atoms with Gasteiger partial charge in [0.2, 0.25) is 0 Å². The van der Waals surface area contributed by atoms with Gasteiger partial charge >= 0.3 is 0 Å². The van der Waals surface area contributed by atoms with Crippen LogP contribution < -0.4 is 0 Å². The van der Waals surface area contributed by atoms with Crippen LogP contribution in [-0.4, -0.2) is 10.8 Å². The van der Waals surface area contributed by atoms with Crippen molar-refractivity contribution in [3.05, 3.63) is 70.0 Å². The van der Waals surface area contributed by atoms with Gasteiger partial charge < -0.3 is 4.90 Å². The number of benzene rings is 2. The normalized spacial score (nSPS) is 13.8. The van der Waals surface area contributed by atoms with Gasteiger partial charge in [-0.1, -0.05) is 23.7 Å². The molecule has 0 bridgehead atoms. The molecular formula is C15H11ClFNO. The number of hydrogen-bond donors (Lipinski definition) is 0. The Hall–Kier alpha value is -1.87. The third kappa shape index (κ3) is 2.34. The number of rotatable bonds is 2. The van der Waals surface area contributed by atoms with E-state index in [0.29, 0.717) is 23.7 Å². The highest BCUT2D eigenvalue weighted by atomic mass is 35.5. The lowest BCUT2D eigenvalue weighted by molar-refractivity contribution is 0.0766. The molecular weight excluding hydrogens is 265 g/mol. The highest BCUT2D eigenvalue weighted by molar-refractivity contribution is 6.30. The van der Waals surface area contributed by atoms with E-state index >= 15 is 0 Å². The number of halogens is 2. The molecule has 1 aliphatic heterocycles. The summed E-state index contributed by atoms with van der Waals surface area (Å²) in [5, 5.41) is 0.668. The van der Waals surface area contributed by atoms with Crippen molar-refractivity contribution in [1.29, 1.82) is 0 Å². The van der Waals surface area contributed by atoms with Crippen LogP contribution in [0.2, 0.25) is 5.02 Å². The predicted molar refractivity (Wildman–Crippen MR) is 71.4 cm³/mol. The van der Waals surface area contributed by atoms with Gasteiger partial charge in [0, 0.05) is 23.7 Å². The van der Waals surface area contributed by atoms with Gasteiger partial charge in [0.25, 0.3) is 5.91 Å². The van der Waals surface area contributed by atoms with Crippen LogP contribution in [0.25, 0.3) is 0 Å². The second kappa shape index (κ2) is 4.67. The zero-order valence-electron chi connectivity index (χ0n) is 10.1. The SMILES string of the molecule is O=C1c2ccc(F)cc2CN1Cc1ccc(Cl)cc1. The summed E-state index contributed by atoms with van der Waals surface area (Å²) in [6.07, 6.45) is 0. The minimum atomic E-state index is -0.306. The van der Waals surface area contributed by atoms with Gasteiger partial charge in [0.05, 0.1) is 0 Å². The number of fused-ring (bicyclic) bond motifs is 1. The molecule has 0 spiro atoms. The lowest BCUT2D eigenvalue weighted by Gasteiger charge is -2.15. The van der Waals surface area contributed by atoms with E-state index in [0.717, 1.165) is 11.1 Å². The molecule has 19 heavy (non-hydrogen) atoms. The lowest BCUT2D eigenvalue weighted by atomic mass is 10.1. The molecule has 1 aliphatic rings. The fraction of sp³-hybridized carbons (Fsp3) is 0.133. The van der Waals surface area contributed by atoms with E-state index in [-0.39, 0.29) is 11.7 Å². The molecule has 0 saturated heterocycles. The van der Waals surface area contributed by atoms with Crippen LogP contribution >= 0.6 is 11.6 Å². The van der Waals surface area contributed by atoms with E-state index < -0.39 is 0 Å². The van der Waals surface area contributed by atoms with Crippen LogP contribution in [0.4, 0.5) is 4.39 Å². The highest BCUT2D eigenvalue weighted by Crippen LogP contribution is 2.25. The Morgan fingerprint density at radius 3 is 2.63 bits per heavy atom. The zero-order chi connectivity index (χ0) is 13.4. The summed E-state index contributed by atoms with van der Waals surface area (Å²) in [6, 6.07) is 11.7. The first-order valence-electron chi connectivity index (χ1n) is 5.95. The molecule has 0 saturated carbocycles. The van der Waals surface area contributed by atoms with E-state index in [1.807, 2.05) is 12.1 Å². The molecule has 0 N–H and O–H groups in total. The van der Waals surface area contributed by atoms with Gasteiger partial charge in [-0.15, -0.1) is 0 Å². The third-order valence-corrected chi connectivity index (χ3v) is 3.48. The number of nitrogens with zero attached hydrogens (tertiary/aromatic N) is 1. The van der Waals surface area contributed by atoms with Gasteiger partial charge in [-0.2, -0.15) is 0 Å². The minimum absolute atomic E-state index is 0.0510. The Morgan fingerprint density at radius 1 is 1.16 bits per heavy atom. The fourth-order valence-corrected chi connectivity index (χ4v) is 2.41. The summed E-state index contributed by atoms with van der Waals surface area (Å²) >= 11 is 5.83. The fourth-order valence-electron chi connectivity index (χ4n) is 2.29. The Kier molecular flexibility index (Phi) is 2.99. The Morgan fingerprint density at radius 2 is 1.89 bits per heavy atom. The van der Waals surface area contributed by atoms with Gasteiger partial charge in [-0.05, 0) is 41.5 Å². The number of carbonyl (C=O) groups is 1. The minimum Gasteiger partial charge on any atom is -0.330 e. The van der Waals surface area contributed by atoms with Crippen LogP contribution in [0.15, 0.2) is 42.5 Å². The molecule has 0 aromatic heterocycles. The van der Waals surface area contributed by atoms with Crippen LogP contribution in [0.1, 0.15) is 21.5 Å². The van der Waals surface area contributed by atoms with Crippen molar-refractivity contribution in [1.82, 2.24) is 4.90 Å². The maximum atomic E-state index is 13.1. The first-order valence-corrected chi connectivity index (χ1v) is 6.33. The van der Waals surface area contributed by atoms with E-state index in [4.69, 9.17) is 11.6 Å². The quantitative estimate of drug-likeness (QED) is 0.819. The van der Waals surface area contributed by atoms with E-state index in [9.17, 15) is 9.18 Å². The van der Waals surface area contributed by atoms with Crippen LogP contribution in [0.3, 0.4) is 0 Å². The molecule has 4 heteroatoms. The van der Waals surface area contributed by atoms with E-state index in [1.54, 1.807) is 23.1 Å². The second-order valence-electron chi connectivity index (χ2n) is 4.59. The Bertz CT molecular complexity index is 639. The largest absolute Gasteiger partial charge is 0.330 e. The lowest BCUT2D eigenvalue weighted by Crippen LogP contribution is -2.23. The molecule has 2 aromatic carbocycles. The molecule has 2 aromatic rings. The summed E-state index contributed by atoms with van der Waals surface area (Å²) in [5.74, 6) is -0.357. The van der Waals surface area contributed by atoms with Gasteiger partial charge in [-0.3, -0.25) is 4.79 Å². The van der Waals surface area contributed by atoms with Gasteiger partial charge in [0.15, 0.2) is 0 Å². The summed E-state index contributed by atoms with van der Waals surface area (Å²) in [4.78, 5) is 13.9. The van der Waals surface area contributed by atoms with Gasteiger partial charge in [0.1, 0.15) is 5.82 Å². The molecule has 0 unspecified atom stereocenters. The standard InChI is InChI=1S/C15H11ClFNO/c16-12-3-1-10(2-4-12)8-18-9-11-7-13(17)5-6-14(11)15(18)19/h1-7H,8-9H2. The van der Waals surface area contributed by atoms with Crippen molar-refractivity contribution in [2.75, 3.05) is 0 Å². The summed E-state index contributed by atoms with van der Waals surface area (Å²) in [7, 11) is 0. The molecule has 96 valence electrons. The molecule has 2 nitrogen and oxygen atoms in total. The molecule has 0 radical (unpaired) electrons.